The van der Waals surface area contributed by atoms with Gasteiger partial charge in [0.05, 0.1) is 11.0 Å². The predicted octanol–water partition coefficient (Wildman–Crippen LogP) is 1.38. The van der Waals surface area contributed by atoms with Gasteiger partial charge < -0.3 is 15.5 Å². The summed E-state index contributed by atoms with van der Waals surface area (Å²) in [7, 11) is 0. The zero-order valence-electron chi connectivity index (χ0n) is 8.74. The summed E-state index contributed by atoms with van der Waals surface area (Å²) in [6.07, 6.45) is 0.667. The molecule has 1 heterocycles. The molecule has 0 spiro atoms. The summed E-state index contributed by atoms with van der Waals surface area (Å²) >= 11 is 4.82. The number of rotatable bonds is 4. The van der Waals surface area contributed by atoms with Crippen molar-refractivity contribution in [3.05, 3.63) is 23.7 Å². The average Bonchev–Trinajstić information content (AvgIpc) is 2.60. The standard InChI is InChI=1S/C10H14N2O2S/c1-3-7(9(11)15)12-10(13)8-5-4-6(2)14-8/h4-5,7H,3H2,1-2H3,(H2,11,15)(H,12,13). The molecule has 0 aliphatic heterocycles. The van der Waals surface area contributed by atoms with Gasteiger partial charge >= 0.3 is 0 Å². The molecule has 0 fully saturated rings. The van der Waals surface area contributed by atoms with E-state index in [1.807, 2.05) is 6.92 Å². The second-order valence-corrected chi connectivity index (χ2v) is 3.72. The smallest absolute Gasteiger partial charge is 0.287 e. The van der Waals surface area contributed by atoms with Crippen molar-refractivity contribution >= 4 is 23.1 Å². The number of carbonyl (C=O) groups excluding carboxylic acids is 1. The summed E-state index contributed by atoms with van der Waals surface area (Å²) < 4.78 is 5.17. The fourth-order valence-corrected chi connectivity index (χ4v) is 1.39. The molecule has 4 nitrogen and oxygen atoms in total. The summed E-state index contributed by atoms with van der Waals surface area (Å²) in [5.74, 6) is 0.688. The Morgan fingerprint density at radius 3 is 2.73 bits per heavy atom. The highest BCUT2D eigenvalue weighted by atomic mass is 32.1. The maximum absolute atomic E-state index is 11.6. The first-order chi connectivity index (χ1) is 7.04. The Morgan fingerprint density at radius 1 is 1.67 bits per heavy atom. The van der Waals surface area contributed by atoms with Crippen molar-refractivity contribution in [1.29, 1.82) is 0 Å². The largest absolute Gasteiger partial charge is 0.456 e. The zero-order valence-corrected chi connectivity index (χ0v) is 9.56. The number of nitrogens with one attached hydrogen (secondary N) is 1. The van der Waals surface area contributed by atoms with Gasteiger partial charge in [-0.25, -0.2) is 0 Å². The van der Waals surface area contributed by atoms with Crippen LogP contribution in [0.2, 0.25) is 0 Å². The van der Waals surface area contributed by atoms with Gasteiger partial charge in [0, 0.05) is 0 Å². The van der Waals surface area contributed by atoms with Gasteiger partial charge in [-0.2, -0.15) is 0 Å². The highest BCUT2D eigenvalue weighted by Crippen LogP contribution is 2.06. The zero-order chi connectivity index (χ0) is 11.4. The predicted molar refractivity (Wildman–Crippen MR) is 61.8 cm³/mol. The monoisotopic (exact) mass is 226 g/mol. The van der Waals surface area contributed by atoms with Gasteiger partial charge in [-0.1, -0.05) is 19.1 Å². The van der Waals surface area contributed by atoms with E-state index in [4.69, 9.17) is 22.4 Å². The van der Waals surface area contributed by atoms with Crippen molar-refractivity contribution in [2.45, 2.75) is 26.3 Å². The van der Waals surface area contributed by atoms with E-state index in [-0.39, 0.29) is 22.7 Å². The minimum atomic E-state index is -0.289. The van der Waals surface area contributed by atoms with Crippen molar-refractivity contribution < 1.29 is 9.21 Å². The number of hydrogen-bond acceptors (Lipinski definition) is 3. The molecule has 0 saturated carbocycles. The van der Waals surface area contributed by atoms with E-state index in [0.29, 0.717) is 12.2 Å². The third kappa shape index (κ3) is 3.06. The lowest BCUT2D eigenvalue weighted by Crippen LogP contribution is -2.42. The number of aryl methyl sites for hydroxylation is 1. The van der Waals surface area contributed by atoms with Crippen LogP contribution < -0.4 is 11.1 Å². The molecule has 5 heteroatoms. The van der Waals surface area contributed by atoms with Gasteiger partial charge in [-0.15, -0.1) is 0 Å². The second-order valence-electron chi connectivity index (χ2n) is 3.25. The molecule has 1 amide bonds. The molecule has 0 radical (unpaired) electrons. The third-order valence-electron chi connectivity index (χ3n) is 2.02. The molecule has 3 N–H and O–H groups in total. The average molecular weight is 226 g/mol. The first kappa shape index (κ1) is 11.7. The minimum absolute atomic E-state index is 0.280. The molecule has 1 unspecified atom stereocenters. The minimum Gasteiger partial charge on any atom is -0.456 e. The van der Waals surface area contributed by atoms with Gasteiger partial charge in [0.15, 0.2) is 5.76 Å². The SMILES string of the molecule is CCC(NC(=O)c1ccc(C)o1)C(N)=S. The van der Waals surface area contributed by atoms with E-state index in [9.17, 15) is 4.79 Å². The lowest BCUT2D eigenvalue weighted by molar-refractivity contribution is 0.0917. The van der Waals surface area contributed by atoms with Crippen LogP contribution in [0.25, 0.3) is 0 Å². The van der Waals surface area contributed by atoms with Gasteiger partial charge in [-0.3, -0.25) is 4.79 Å². The fraction of sp³-hybridized carbons (Fsp3) is 0.400. The van der Waals surface area contributed by atoms with Crippen molar-refractivity contribution in [2.24, 2.45) is 5.73 Å². The molecule has 0 aliphatic carbocycles. The summed E-state index contributed by atoms with van der Waals surface area (Å²) in [5, 5.41) is 2.70. The number of carbonyl (C=O) groups is 1. The van der Waals surface area contributed by atoms with E-state index in [1.165, 1.54) is 0 Å². The summed E-state index contributed by atoms with van der Waals surface area (Å²) in [6, 6.07) is 3.08. The first-order valence-corrected chi connectivity index (χ1v) is 5.12. The van der Waals surface area contributed by atoms with Crippen LogP contribution in [-0.2, 0) is 0 Å². The van der Waals surface area contributed by atoms with E-state index in [0.717, 1.165) is 0 Å². The van der Waals surface area contributed by atoms with Gasteiger partial charge in [0.2, 0.25) is 0 Å². The highest BCUT2D eigenvalue weighted by Gasteiger charge is 2.16. The third-order valence-corrected chi connectivity index (χ3v) is 2.31. The maximum Gasteiger partial charge on any atom is 0.287 e. The molecule has 0 saturated heterocycles. The molecule has 0 bridgehead atoms. The Morgan fingerprint density at radius 2 is 2.33 bits per heavy atom. The van der Waals surface area contributed by atoms with Crippen LogP contribution in [0.15, 0.2) is 16.5 Å². The van der Waals surface area contributed by atoms with Crippen LogP contribution in [0, 0.1) is 6.92 Å². The van der Waals surface area contributed by atoms with Crippen LogP contribution in [0.4, 0.5) is 0 Å². The lowest BCUT2D eigenvalue weighted by Gasteiger charge is -2.13. The lowest BCUT2D eigenvalue weighted by atomic mass is 10.2. The number of hydrogen-bond donors (Lipinski definition) is 2. The van der Waals surface area contributed by atoms with Crippen LogP contribution >= 0.6 is 12.2 Å². The number of amides is 1. The fourth-order valence-electron chi connectivity index (χ4n) is 1.16. The molecule has 82 valence electrons. The molecule has 1 aromatic heterocycles. The molecular weight excluding hydrogens is 212 g/mol. The summed E-state index contributed by atoms with van der Waals surface area (Å²) in [5.41, 5.74) is 5.46. The Bertz CT molecular complexity index is 373. The van der Waals surface area contributed by atoms with Gasteiger partial charge in [0.1, 0.15) is 5.76 Å². The molecular formula is C10H14N2O2S. The quantitative estimate of drug-likeness (QED) is 0.761. The normalized spacial score (nSPS) is 12.1. The highest BCUT2D eigenvalue weighted by molar-refractivity contribution is 7.80. The van der Waals surface area contributed by atoms with Crippen LogP contribution in [0.1, 0.15) is 29.7 Å². The Labute approximate surface area is 93.8 Å². The van der Waals surface area contributed by atoms with E-state index < -0.39 is 0 Å². The van der Waals surface area contributed by atoms with Crippen molar-refractivity contribution in [3.63, 3.8) is 0 Å². The summed E-state index contributed by atoms with van der Waals surface area (Å²) in [4.78, 5) is 11.9. The van der Waals surface area contributed by atoms with Crippen LogP contribution in [-0.4, -0.2) is 16.9 Å². The Balaban J connectivity index is 2.66. The first-order valence-electron chi connectivity index (χ1n) is 4.71. The molecule has 1 aromatic rings. The van der Waals surface area contributed by atoms with E-state index >= 15 is 0 Å². The van der Waals surface area contributed by atoms with Crippen LogP contribution in [0.5, 0.6) is 0 Å². The van der Waals surface area contributed by atoms with E-state index in [1.54, 1.807) is 19.1 Å². The van der Waals surface area contributed by atoms with E-state index in [2.05, 4.69) is 5.32 Å². The van der Waals surface area contributed by atoms with Crippen LogP contribution in [0.3, 0.4) is 0 Å². The topological polar surface area (TPSA) is 68.3 Å². The number of furan rings is 1. The van der Waals surface area contributed by atoms with Crippen molar-refractivity contribution in [2.75, 3.05) is 0 Å². The Hall–Kier alpha value is -1.36. The van der Waals surface area contributed by atoms with Crippen molar-refractivity contribution in [3.8, 4) is 0 Å². The molecule has 0 aromatic carbocycles. The number of thiocarbonyl (C=S) groups is 1. The molecule has 1 rings (SSSR count). The second kappa shape index (κ2) is 4.93. The number of nitrogens with two attached hydrogens (primary N) is 1. The molecule has 0 aliphatic rings. The molecule has 1 atom stereocenters. The van der Waals surface area contributed by atoms with Gasteiger partial charge in [-0.05, 0) is 25.5 Å². The Kier molecular flexibility index (Phi) is 3.85. The van der Waals surface area contributed by atoms with Gasteiger partial charge in [0.25, 0.3) is 5.91 Å². The summed E-state index contributed by atoms with van der Waals surface area (Å²) in [6.45, 7) is 3.68. The molecule has 15 heavy (non-hydrogen) atoms. The van der Waals surface area contributed by atoms with Crippen molar-refractivity contribution in [1.82, 2.24) is 5.32 Å². The maximum atomic E-state index is 11.6.